The van der Waals surface area contributed by atoms with Crippen LogP contribution in [0.1, 0.15) is 11.1 Å². The molecule has 12 aromatic carbocycles. The standard InChI is InChI=1S/C25H22P2.2C22H13.Ag.Au/c1-5-13-22(14-6-1)26(23-15-7-2-8-16-23)21-27(24-17-9-3-10-18-24)25-19-11-4-12-20-25;2*1-2-17-18-12-6-8-14-20(18)22(16-10-4-3-5-11-16)21-15-9-7-13-19(17)21;;/h1-20H,21H2;2*3-15H;;/q;2*-1;2*+1/p+2. The molecule has 0 aliphatic carbocycles. The Hall–Kier alpha value is -6.86. The summed E-state index contributed by atoms with van der Waals surface area (Å²) in [4.78, 5) is 0. The summed E-state index contributed by atoms with van der Waals surface area (Å²) in [6.45, 7) is 0. The Morgan fingerprint density at radius 1 is 0.260 bits per heavy atom. The van der Waals surface area contributed by atoms with Gasteiger partial charge in [0.1, 0.15) is 37.1 Å². The van der Waals surface area contributed by atoms with E-state index in [0.717, 1.165) is 32.7 Å². The summed E-state index contributed by atoms with van der Waals surface area (Å²) >= 11 is 0. The first-order valence-electron chi connectivity index (χ1n) is 24.0. The zero-order valence-corrected chi connectivity index (χ0v) is 45.5. The van der Waals surface area contributed by atoms with Crippen LogP contribution in [0.4, 0.5) is 0 Å². The minimum absolute atomic E-state index is 0. The summed E-state index contributed by atoms with van der Waals surface area (Å²) in [5, 5.41) is 15.0. The van der Waals surface area contributed by atoms with Crippen molar-refractivity contribution in [2.75, 3.05) is 5.90 Å². The molecule has 12 aromatic rings. The Balaban J connectivity index is 0.000000145. The third-order valence-corrected chi connectivity index (χ3v) is 20.0. The van der Waals surface area contributed by atoms with Crippen LogP contribution in [0.3, 0.4) is 0 Å². The van der Waals surface area contributed by atoms with E-state index in [1.165, 1.54) is 70.9 Å². The Labute approximate surface area is 464 Å². The van der Waals surface area contributed by atoms with E-state index >= 15 is 0 Å². The van der Waals surface area contributed by atoms with Crippen LogP contribution >= 0.6 is 15.8 Å². The summed E-state index contributed by atoms with van der Waals surface area (Å²) in [6, 6.07) is 98.5. The molecular formula is C69H50AgAuP2+2. The molecule has 0 N–H and O–H groups in total. The van der Waals surface area contributed by atoms with Gasteiger partial charge in [-0.3, -0.25) is 11.8 Å². The van der Waals surface area contributed by atoms with E-state index in [2.05, 4.69) is 254 Å². The van der Waals surface area contributed by atoms with Crippen molar-refractivity contribution in [3.8, 4) is 34.1 Å². The molecule has 0 aliphatic heterocycles. The molecule has 0 saturated heterocycles. The molecule has 0 aliphatic rings. The fourth-order valence-corrected chi connectivity index (χ4v) is 17.6. The summed E-state index contributed by atoms with van der Waals surface area (Å²) in [7, 11) is -1.69. The van der Waals surface area contributed by atoms with Crippen molar-refractivity contribution in [2.45, 2.75) is 0 Å². The Kier molecular flexibility index (Phi) is 18.5. The minimum atomic E-state index is -0.847. The van der Waals surface area contributed by atoms with E-state index in [-0.39, 0.29) is 44.8 Å². The molecule has 356 valence electrons. The van der Waals surface area contributed by atoms with Gasteiger partial charge < -0.3 is 12.8 Å². The van der Waals surface area contributed by atoms with Crippen molar-refractivity contribution in [2.24, 2.45) is 0 Å². The number of hydrogen-bond donors (Lipinski definition) is 0. The Morgan fingerprint density at radius 2 is 0.452 bits per heavy atom. The molecule has 0 nitrogen and oxygen atoms in total. The van der Waals surface area contributed by atoms with Crippen molar-refractivity contribution in [3.63, 3.8) is 0 Å². The van der Waals surface area contributed by atoms with Gasteiger partial charge in [0.15, 0.2) is 5.90 Å². The van der Waals surface area contributed by atoms with Crippen LogP contribution in [0, 0.1) is 24.7 Å². The summed E-state index contributed by atoms with van der Waals surface area (Å²) in [6.07, 6.45) is 15.5. The molecule has 0 aromatic heterocycles. The monoisotopic (exact) mass is 1240 g/mol. The van der Waals surface area contributed by atoms with Crippen molar-refractivity contribution >= 4 is 80.2 Å². The van der Waals surface area contributed by atoms with E-state index < -0.39 is 15.8 Å². The molecule has 0 spiro atoms. The second-order valence-electron chi connectivity index (χ2n) is 17.3. The van der Waals surface area contributed by atoms with E-state index in [1.54, 1.807) is 0 Å². The van der Waals surface area contributed by atoms with Gasteiger partial charge in [0.25, 0.3) is 0 Å². The Bertz CT molecular complexity index is 3350. The number of fused-ring (bicyclic) bond motifs is 4. The molecule has 0 atom stereocenters. The molecule has 0 heterocycles. The average molecular weight is 1250 g/mol. The zero-order valence-electron chi connectivity index (χ0n) is 39.9. The summed E-state index contributed by atoms with van der Waals surface area (Å²) < 4.78 is 0. The zero-order chi connectivity index (χ0) is 48.2. The van der Waals surface area contributed by atoms with Crippen LogP contribution in [0.15, 0.2) is 279 Å². The predicted molar refractivity (Wildman–Crippen MR) is 312 cm³/mol. The molecule has 0 saturated carbocycles. The van der Waals surface area contributed by atoms with Crippen LogP contribution < -0.4 is 21.2 Å². The summed E-state index contributed by atoms with van der Waals surface area (Å²) in [5.74, 6) is 6.53. The van der Waals surface area contributed by atoms with Crippen molar-refractivity contribution in [3.05, 3.63) is 303 Å². The fraction of sp³-hybridized carbons (Fsp3) is 0.0145. The van der Waals surface area contributed by atoms with Gasteiger partial charge in [0, 0.05) is 0 Å². The van der Waals surface area contributed by atoms with Crippen molar-refractivity contribution in [1.29, 1.82) is 0 Å². The fourth-order valence-electron chi connectivity index (χ4n) is 9.83. The third-order valence-electron chi connectivity index (χ3n) is 13.1. The maximum absolute atomic E-state index is 7.73. The van der Waals surface area contributed by atoms with E-state index in [4.69, 9.17) is 12.8 Å². The van der Waals surface area contributed by atoms with Crippen molar-refractivity contribution < 1.29 is 44.8 Å². The molecule has 0 fully saturated rings. The second-order valence-corrected chi connectivity index (χ2v) is 22.9. The van der Waals surface area contributed by atoms with E-state index in [0.29, 0.717) is 0 Å². The molecular weight excluding hydrogens is 1200 g/mol. The van der Waals surface area contributed by atoms with Crippen LogP contribution in [0.5, 0.6) is 0 Å². The first-order chi connectivity index (χ1) is 35.2. The molecule has 12 rings (SSSR count). The van der Waals surface area contributed by atoms with Crippen LogP contribution in [-0.4, -0.2) is 5.90 Å². The first-order valence-corrected chi connectivity index (χ1v) is 27.4. The van der Waals surface area contributed by atoms with Crippen molar-refractivity contribution in [1.82, 2.24) is 0 Å². The van der Waals surface area contributed by atoms with E-state index in [1.807, 2.05) is 36.4 Å². The quantitative estimate of drug-likeness (QED) is 0.0468. The van der Waals surface area contributed by atoms with Gasteiger partial charge >= 0.3 is 44.8 Å². The SMILES string of the molecule is [Ag+].[Au+].[C-]#Cc1c2ccccc2c(-c2ccccc2)c2ccccc12.[C-]#Cc1c2ccccc2c(-c2ccccc2)c2ccccc12.c1ccc([PH+](C[PH+](c2ccccc2)c2ccccc2)c2ccccc2)cc1. The average Bonchev–Trinajstić information content (AvgIpc) is 3.46. The predicted octanol–water partition coefficient (Wildman–Crippen LogP) is 15.9. The van der Waals surface area contributed by atoms with Gasteiger partial charge in [-0.1, -0.05) is 252 Å². The van der Waals surface area contributed by atoms with Crippen LogP contribution in [0.2, 0.25) is 0 Å². The topological polar surface area (TPSA) is 0 Å². The summed E-state index contributed by atoms with van der Waals surface area (Å²) in [5.41, 5.74) is 6.59. The third kappa shape index (κ3) is 11.7. The van der Waals surface area contributed by atoms with Gasteiger partial charge in [-0.2, -0.15) is 0 Å². The maximum Gasteiger partial charge on any atom is 1.00 e. The Morgan fingerprint density at radius 3 is 0.671 bits per heavy atom. The van der Waals surface area contributed by atoms with E-state index in [9.17, 15) is 0 Å². The minimum Gasteiger partial charge on any atom is -0.366 e. The van der Waals surface area contributed by atoms with Gasteiger partial charge in [-0.15, -0.1) is 11.1 Å². The molecule has 73 heavy (non-hydrogen) atoms. The number of rotatable bonds is 8. The van der Waals surface area contributed by atoms with Gasteiger partial charge in [-0.05, 0) is 92.3 Å². The molecule has 0 unspecified atom stereocenters. The molecule has 4 heteroatoms. The first kappa shape index (κ1) is 52.5. The second kappa shape index (κ2) is 25.7. The molecule has 0 radical (unpaired) electrons. The van der Waals surface area contributed by atoms with Crippen LogP contribution in [0.25, 0.3) is 65.3 Å². The van der Waals surface area contributed by atoms with Gasteiger partial charge in [0.05, 0.1) is 0 Å². The largest absolute Gasteiger partial charge is 1.00 e. The smallest absolute Gasteiger partial charge is 0.366 e. The normalized spacial score (nSPS) is 10.5. The van der Waals surface area contributed by atoms with Crippen LogP contribution in [-0.2, 0) is 44.8 Å². The number of benzene rings is 12. The van der Waals surface area contributed by atoms with Gasteiger partial charge in [0.2, 0.25) is 0 Å². The number of hydrogen-bond acceptors (Lipinski definition) is 0. The maximum atomic E-state index is 7.73. The molecule has 0 amide bonds. The molecule has 0 bridgehead atoms. The van der Waals surface area contributed by atoms with Gasteiger partial charge in [-0.25, -0.2) is 0 Å².